The Hall–Kier alpha value is -0.720. The predicted molar refractivity (Wildman–Crippen MR) is 68.9 cm³/mol. The Labute approximate surface area is 118 Å². The molecule has 0 aliphatic rings. The van der Waals surface area contributed by atoms with Gasteiger partial charge in [-0.25, -0.2) is 4.98 Å². The summed E-state index contributed by atoms with van der Waals surface area (Å²) in [6.07, 6.45) is -4.59. The molecule has 96 valence electrons. The molecule has 2 N–H and O–H groups in total. The van der Waals surface area contributed by atoms with Gasteiger partial charge in [-0.15, -0.1) is 0 Å². The largest absolute Gasteiger partial charge is 0.433 e. The Balaban J connectivity index is 2.88. The average molecular weight is 360 g/mol. The van der Waals surface area contributed by atoms with Crippen molar-refractivity contribution in [1.29, 1.82) is 0 Å². The van der Waals surface area contributed by atoms with Crippen LogP contribution in [0, 0.1) is 0 Å². The first-order valence-corrected chi connectivity index (χ1v) is 6.07. The van der Waals surface area contributed by atoms with Crippen molar-refractivity contribution in [3.63, 3.8) is 0 Å². The van der Waals surface area contributed by atoms with Crippen LogP contribution in [0.1, 0.15) is 5.69 Å². The molecule has 2 nitrogen and oxygen atoms in total. The number of alkyl halides is 3. The molecule has 0 saturated carbocycles. The average Bonchev–Trinajstić information content (AvgIpc) is 2.26. The van der Waals surface area contributed by atoms with Crippen LogP contribution in [0.2, 0.25) is 10.0 Å². The number of nitrogens with zero attached hydrogens (tertiary/aromatic N) is 1. The molecule has 0 fully saturated rings. The zero-order valence-corrected chi connectivity index (χ0v) is 11.5. The molecule has 1 heterocycles. The quantitative estimate of drug-likeness (QED) is 0.679. The summed E-state index contributed by atoms with van der Waals surface area (Å²) in [5.74, 6) is 0. The second-order valence-corrected chi connectivity index (χ2v) is 5.09. The molecule has 0 spiro atoms. The van der Waals surface area contributed by atoms with E-state index in [1.807, 2.05) is 0 Å². The van der Waals surface area contributed by atoms with Gasteiger partial charge in [0.1, 0.15) is 5.69 Å². The maximum Gasteiger partial charge on any atom is 0.433 e. The highest BCUT2D eigenvalue weighted by molar-refractivity contribution is 9.10. The first kappa shape index (κ1) is 13.7. The summed E-state index contributed by atoms with van der Waals surface area (Å²) in [7, 11) is 0. The van der Waals surface area contributed by atoms with Crippen molar-refractivity contribution >= 4 is 55.7 Å². The fourth-order valence-electron chi connectivity index (χ4n) is 1.44. The third kappa shape index (κ3) is 2.24. The molecule has 0 saturated heterocycles. The highest BCUT2D eigenvalue weighted by atomic mass is 79.9. The summed E-state index contributed by atoms with van der Waals surface area (Å²) >= 11 is 14.9. The van der Waals surface area contributed by atoms with Gasteiger partial charge in [0.25, 0.3) is 0 Å². The van der Waals surface area contributed by atoms with Crippen LogP contribution in [-0.2, 0) is 6.18 Å². The van der Waals surface area contributed by atoms with Crippen molar-refractivity contribution in [2.45, 2.75) is 6.18 Å². The van der Waals surface area contributed by atoms with Crippen molar-refractivity contribution in [3.05, 3.63) is 32.3 Å². The van der Waals surface area contributed by atoms with Gasteiger partial charge in [0.15, 0.2) is 0 Å². The van der Waals surface area contributed by atoms with Crippen LogP contribution < -0.4 is 5.73 Å². The number of hydrogen-bond acceptors (Lipinski definition) is 2. The normalized spacial score (nSPS) is 12.1. The molecule has 0 aliphatic carbocycles. The van der Waals surface area contributed by atoms with Crippen molar-refractivity contribution in [2.75, 3.05) is 5.73 Å². The van der Waals surface area contributed by atoms with Crippen LogP contribution in [0.3, 0.4) is 0 Å². The maximum atomic E-state index is 12.6. The van der Waals surface area contributed by atoms with E-state index in [-0.39, 0.29) is 21.2 Å². The molecular weight excluding hydrogens is 356 g/mol. The number of rotatable bonds is 0. The van der Waals surface area contributed by atoms with Gasteiger partial charge in [0, 0.05) is 15.5 Å². The Morgan fingerprint density at radius 3 is 2.33 bits per heavy atom. The highest BCUT2D eigenvalue weighted by Gasteiger charge is 2.33. The topological polar surface area (TPSA) is 38.9 Å². The minimum absolute atomic E-state index is 0.0633. The third-order valence-corrected chi connectivity index (χ3v) is 3.97. The molecule has 1 aromatic heterocycles. The summed E-state index contributed by atoms with van der Waals surface area (Å²) in [5.41, 5.74) is 4.34. The Kier molecular flexibility index (Phi) is 3.38. The first-order chi connectivity index (χ1) is 8.21. The van der Waals surface area contributed by atoms with Gasteiger partial charge < -0.3 is 5.73 Å². The summed E-state index contributed by atoms with van der Waals surface area (Å²) < 4.78 is 38.3. The Bertz CT molecular complexity index is 643. The molecule has 0 bridgehead atoms. The summed E-state index contributed by atoms with van der Waals surface area (Å²) in [4.78, 5) is 3.47. The van der Waals surface area contributed by atoms with Crippen LogP contribution in [0.4, 0.5) is 18.9 Å². The smallest absolute Gasteiger partial charge is 0.398 e. The minimum atomic E-state index is -4.59. The van der Waals surface area contributed by atoms with Gasteiger partial charge in [-0.2, -0.15) is 13.2 Å². The fourth-order valence-corrected chi connectivity index (χ4v) is 2.37. The van der Waals surface area contributed by atoms with Crippen LogP contribution in [0.25, 0.3) is 10.9 Å². The number of hydrogen-bond donors (Lipinski definition) is 1. The van der Waals surface area contributed by atoms with Gasteiger partial charge in [0.05, 0.1) is 15.6 Å². The van der Waals surface area contributed by atoms with Crippen molar-refractivity contribution in [1.82, 2.24) is 4.98 Å². The molecule has 2 aromatic rings. The summed E-state index contributed by atoms with van der Waals surface area (Å²) in [5, 5.41) is 0.332. The molecule has 8 heteroatoms. The SMILES string of the molecule is Nc1cc(C(F)(F)F)nc2c(Cl)c(Cl)c(Br)cc12. The molecule has 0 amide bonds. The van der Waals surface area contributed by atoms with E-state index in [1.165, 1.54) is 6.07 Å². The summed E-state index contributed by atoms with van der Waals surface area (Å²) in [6, 6.07) is 2.24. The van der Waals surface area contributed by atoms with Gasteiger partial charge >= 0.3 is 6.18 Å². The van der Waals surface area contributed by atoms with Crippen molar-refractivity contribution in [2.24, 2.45) is 0 Å². The van der Waals surface area contributed by atoms with Gasteiger partial charge in [-0.1, -0.05) is 23.2 Å². The van der Waals surface area contributed by atoms with E-state index in [2.05, 4.69) is 20.9 Å². The highest BCUT2D eigenvalue weighted by Crippen LogP contribution is 2.40. The lowest BCUT2D eigenvalue weighted by Crippen LogP contribution is -2.09. The van der Waals surface area contributed by atoms with E-state index in [4.69, 9.17) is 28.9 Å². The number of fused-ring (bicyclic) bond motifs is 1. The van der Waals surface area contributed by atoms with E-state index in [9.17, 15) is 13.2 Å². The van der Waals surface area contributed by atoms with Gasteiger partial charge in [-0.05, 0) is 28.1 Å². The molecule has 2 rings (SSSR count). The molecule has 18 heavy (non-hydrogen) atoms. The van der Waals surface area contributed by atoms with E-state index in [0.29, 0.717) is 9.86 Å². The van der Waals surface area contributed by atoms with Gasteiger partial charge in [-0.3, -0.25) is 0 Å². The Morgan fingerprint density at radius 2 is 1.78 bits per heavy atom. The fraction of sp³-hybridized carbons (Fsp3) is 0.100. The standard InChI is InChI=1S/C10H4BrCl2F3N2/c11-4-1-3-5(17)2-6(10(14,15)16)18-9(3)8(13)7(4)12/h1-2H,(H2,17,18). The second kappa shape index (κ2) is 4.43. The number of aromatic nitrogens is 1. The van der Waals surface area contributed by atoms with Crippen LogP contribution >= 0.6 is 39.1 Å². The predicted octanol–water partition coefficient (Wildman–Crippen LogP) is 4.91. The minimum Gasteiger partial charge on any atom is -0.398 e. The lowest BCUT2D eigenvalue weighted by Gasteiger charge is -2.11. The van der Waals surface area contributed by atoms with Crippen molar-refractivity contribution < 1.29 is 13.2 Å². The lowest BCUT2D eigenvalue weighted by atomic mass is 10.1. The molecule has 0 unspecified atom stereocenters. The van der Waals surface area contributed by atoms with Crippen LogP contribution in [-0.4, -0.2) is 4.98 Å². The number of benzene rings is 1. The number of pyridine rings is 1. The first-order valence-electron chi connectivity index (χ1n) is 4.52. The van der Waals surface area contributed by atoms with Crippen molar-refractivity contribution in [3.8, 4) is 0 Å². The lowest BCUT2D eigenvalue weighted by molar-refractivity contribution is -0.140. The van der Waals surface area contributed by atoms with Gasteiger partial charge in [0.2, 0.25) is 0 Å². The van der Waals surface area contributed by atoms with E-state index in [0.717, 1.165) is 6.07 Å². The second-order valence-electron chi connectivity index (χ2n) is 3.48. The zero-order chi connectivity index (χ0) is 13.7. The molecular formula is C10H4BrCl2F3N2. The maximum absolute atomic E-state index is 12.6. The van der Waals surface area contributed by atoms with Crippen LogP contribution in [0.5, 0.6) is 0 Å². The number of nitrogen functional groups attached to an aromatic ring is 1. The van der Waals surface area contributed by atoms with Crippen LogP contribution in [0.15, 0.2) is 16.6 Å². The number of halogens is 6. The van der Waals surface area contributed by atoms with E-state index >= 15 is 0 Å². The Morgan fingerprint density at radius 1 is 1.17 bits per heavy atom. The summed E-state index contributed by atoms with van der Waals surface area (Å²) in [6.45, 7) is 0. The molecule has 0 atom stereocenters. The third-order valence-electron chi connectivity index (χ3n) is 2.26. The monoisotopic (exact) mass is 358 g/mol. The zero-order valence-electron chi connectivity index (χ0n) is 8.45. The molecule has 0 aliphatic heterocycles. The number of anilines is 1. The van der Waals surface area contributed by atoms with E-state index < -0.39 is 11.9 Å². The number of nitrogens with two attached hydrogens (primary N) is 1. The van der Waals surface area contributed by atoms with E-state index in [1.54, 1.807) is 0 Å². The molecule has 0 radical (unpaired) electrons. The molecule has 1 aromatic carbocycles.